The van der Waals surface area contributed by atoms with Gasteiger partial charge in [-0.1, -0.05) is 0 Å². The average molecular weight is 180 g/mol. The van der Waals surface area contributed by atoms with E-state index < -0.39 is 12.2 Å². The highest BCUT2D eigenvalue weighted by Gasteiger charge is 2.46. The molecular weight excluding hydrogens is 172 g/mol. The number of carbonyl (C=O) groups excluding carboxylic acids is 2. The summed E-state index contributed by atoms with van der Waals surface area (Å²) in [5.74, 6) is -0.722. The number of morpholine rings is 1. The van der Waals surface area contributed by atoms with Gasteiger partial charge in [0.25, 0.3) is 11.8 Å². The van der Waals surface area contributed by atoms with Crippen LogP contribution in [0.5, 0.6) is 0 Å². The van der Waals surface area contributed by atoms with Gasteiger partial charge in [0, 0.05) is 0 Å². The van der Waals surface area contributed by atoms with Crippen LogP contribution in [0, 0.1) is 11.3 Å². The van der Waals surface area contributed by atoms with Gasteiger partial charge in [0.1, 0.15) is 18.8 Å². The van der Waals surface area contributed by atoms with E-state index in [9.17, 15) is 9.59 Å². The second kappa shape index (κ2) is 2.82. The molecule has 2 aliphatic rings. The Labute approximate surface area is 74.9 Å². The van der Waals surface area contributed by atoms with Crippen molar-refractivity contribution in [1.82, 2.24) is 4.90 Å². The van der Waals surface area contributed by atoms with E-state index in [1.165, 1.54) is 0 Å². The number of nitriles is 1. The Morgan fingerprint density at radius 3 is 2.38 bits per heavy atom. The zero-order valence-corrected chi connectivity index (χ0v) is 6.90. The summed E-state index contributed by atoms with van der Waals surface area (Å²) in [5.41, 5.74) is 0. The summed E-state index contributed by atoms with van der Waals surface area (Å²) in [5, 5.41) is 8.41. The summed E-state index contributed by atoms with van der Waals surface area (Å²) in [6, 6.07) is 1.80. The number of ether oxygens (including phenoxy) is 1. The molecule has 2 atom stereocenters. The largest absolute Gasteiger partial charge is 0.355 e. The van der Waals surface area contributed by atoms with Gasteiger partial charge in [0.15, 0.2) is 0 Å². The Bertz CT molecular complexity index is 285. The second-order valence-corrected chi connectivity index (χ2v) is 3.11. The number of hydrogen-bond donors (Lipinski definition) is 0. The molecular formula is C8H8N2O3. The molecule has 0 aromatic rings. The molecule has 0 aliphatic carbocycles. The minimum absolute atomic E-state index is 0.159. The van der Waals surface area contributed by atoms with Crippen LogP contribution in [0.4, 0.5) is 0 Å². The van der Waals surface area contributed by atoms with E-state index in [1.807, 2.05) is 0 Å². The molecule has 0 N–H and O–H groups in total. The Kier molecular flexibility index (Phi) is 1.78. The van der Waals surface area contributed by atoms with E-state index in [-0.39, 0.29) is 18.4 Å². The average Bonchev–Trinajstić information content (AvgIpc) is 2.56. The Morgan fingerprint density at radius 1 is 1.38 bits per heavy atom. The Morgan fingerprint density at radius 2 is 1.92 bits per heavy atom. The smallest absolute Gasteiger partial charge is 0.259 e. The molecule has 0 saturated carbocycles. The predicted molar refractivity (Wildman–Crippen MR) is 40.2 cm³/mol. The van der Waals surface area contributed by atoms with E-state index in [0.29, 0.717) is 12.8 Å². The highest BCUT2D eigenvalue weighted by molar-refractivity contribution is 6.02. The third kappa shape index (κ3) is 1.11. The van der Waals surface area contributed by atoms with E-state index >= 15 is 0 Å². The van der Waals surface area contributed by atoms with Gasteiger partial charge in [-0.05, 0) is 12.8 Å². The van der Waals surface area contributed by atoms with Crippen molar-refractivity contribution in [1.29, 1.82) is 5.26 Å². The maximum Gasteiger partial charge on any atom is 0.259 e. The number of likely N-dealkylation sites (tertiary alicyclic amines) is 1. The second-order valence-electron chi connectivity index (χ2n) is 3.11. The summed E-state index contributed by atoms with van der Waals surface area (Å²) < 4.78 is 5.15. The van der Waals surface area contributed by atoms with Gasteiger partial charge in [-0.2, -0.15) is 5.26 Å². The van der Waals surface area contributed by atoms with Gasteiger partial charge in [0.05, 0.1) is 6.07 Å². The number of nitrogens with zero attached hydrogens (tertiary/aromatic N) is 2. The van der Waals surface area contributed by atoms with Crippen LogP contribution in [0.3, 0.4) is 0 Å². The molecule has 2 fully saturated rings. The van der Waals surface area contributed by atoms with Crippen molar-refractivity contribution in [3.05, 3.63) is 0 Å². The van der Waals surface area contributed by atoms with Gasteiger partial charge >= 0.3 is 0 Å². The van der Waals surface area contributed by atoms with E-state index in [4.69, 9.17) is 10.00 Å². The fourth-order valence-corrected chi connectivity index (χ4v) is 1.68. The fourth-order valence-electron chi connectivity index (χ4n) is 1.68. The van der Waals surface area contributed by atoms with Crippen molar-refractivity contribution in [2.75, 3.05) is 6.54 Å². The van der Waals surface area contributed by atoms with Crippen molar-refractivity contribution in [2.24, 2.45) is 0 Å². The van der Waals surface area contributed by atoms with Crippen LogP contribution in [-0.4, -0.2) is 35.5 Å². The Hall–Kier alpha value is -1.41. The van der Waals surface area contributed by atoms with Crippen LogP contribution in [0.15, 0.2) is 0 Å². The molecule has 5 nitrogen and oxygen atoms in total. The van der Waals surface area contributed by atoms with E-state index in [0.717, 1.165) is 4.90 Å². The highest BCUT2D eigenvalue weighted by atomic mass is 16.5. The number of hydrogen-bond acceptors (Lipinski definition) is 4. The molecule has 0 aromatic heterocycles. The quantitative estimate of drug-likeness (QED) is 0.400. The molecule has 2 heterocycles. The molecule has 5 heteroatoms. The molecule has 2 rings (SSSR count). The van der Waals surface area contributed by atoms with Crippen LogP contribution in [-0.2, 0) is 14.3 Å². The number of fused-ring (bicyclic) bond motifs is 2. The molecule has 2 amide bonds. The van der Waals surface area contributed by atoms with Crippen molar-refractivity contribution >= 4 is 11.8 Å². The van der Waals surface area contributed by atoms with Gasteiger partial charge in [-0.25, -0.2) is 0 Å². The highest BCUT2D eigenvalue weighted by Crippen LogP contribution is 2.27. The third-order valence-corrected chi connectivity index (χ3v) is 2.33. The normalized spacial score (nSPS) is 32.1. The minimum atomic E-state index is -0.490. The van der Waals surface area contributed by atoms with Crippen LogP contribution in [0.2, 0.25) is 0 Å². The van der Waals surface area contributed by atoms with Crippen LogP contribution >= 0.6 is 0 Å². The molecule has 2 unspecified atom stereocenters. The standard InChI is InChI=1S/C8H8N2O3/c9-3-4-10-7(11)5-1-2-6(13-5)8(10)12/h5-6H,1-2,4H2. The molecule has 2 bridgehead atoms. The molecule has 2 aliphatic heterocycles. The first-order valence-corrected chi connectivity index (χ1v) is 4.11. The minimum Gasteiger partial charge on any atom is -0.355 e. The van der Waals surface area contributed by atoms with Crippen molar-refractivity contribution in [3.8, 4) is 6.07 Å². The summed E-state index contributed by atoms with van der Waals surface area (Å²) >= 11 is 0. The predicted octanol–water partition coefficient (Wildman–Crippen LogP) is -0.574. The molecule has 0 spiro atoms. The zero-order valence-electron chi connectivity index (χ0n) is 6.90. The monoisotopic (exact) mass is 180 g/mol. The number of carbonyl (C=O) groups is 2. The van der Waals surface area contributed by atoms with Crippen LogP contribution in [0.25, 0.3) is 0 Å². The van der Waals surface area contributed by atoms with Gasteiger partial charge in [-0.15, -0.1) is 0 Å². The lowest BCUT2D eigenvalue weighted by atomic mass is 10.2. The molecule has 13 heavy (non-hydrogen) atoms. The summed E-state index contributed by atoms with van der Waals surface area (Å²) in [6.07, 6.45) is 0.209. The topological polar surface area (TPSA) is 70.4 Å². The lowest BCUT2D eigenvalue weighted by Gasteiger charge is -2.27. The molecule has 0 aromatic carbocycles. The van der Waals surface area contributed by atoms with Gasteiger partial charge in [-0.3, -0.25) is 14.5 Å². The van der Waals surface area contributed by atoms with E-state index in [1.54, 1.807) is 6.07 Å². The van der Waals surface area contributed by atoms with Gasteiger partial charge in [0.2, 0.25) is 0 Å². The van der Waals surface area contributed by atoms with Crippen LogP contribution < -0.4 is 0 Å². The van der Waals surface area contributed by atoms with Crippen molar-refractivity contribution in [3.63, 3.8) is 0 Å². The lowest BCUT2D eigenvalue weighted by Crippen LogP contribution is -2.51. The van der Waals surface area contributed by atoms with Gasteiger partial charge < -0.3 is 4.74 Å². The summed E-state index contributed by atoms with van der Waals surface area (Å²) in [4.78, 5) is 23.8. The first-order chi connectivity index (χ1) is 6.24. The zero-order chi connectivity index (χ0) is 9.42. The lowest BCUT2D eigenvalue weighted by molar-refractivity contribution is -0.167. The molecule has 0 radical (unpaired) electrons. The fraction of sp³-hybridized carbons (Fsp3) is 0.625. The molecule has 68 valence electrons. The number of rotatable bonds is 1. The molecule has 2 saturated heterocycles. The third-order valence-electron chi connectivity index (χ3n) is 2.33. The SMILES string of the molecule is N#CCN1C(=O)C2CCC(O2)C1=O. The summed E-state index contributed by atoms with van der Waals surface area (Å²) in [7, 11) is 0. The summed E-state index contributed by atoms with van der Waals surface area (Å²) in [6.45, 7) is -0.159. The maximum absolute atomic E-state index is 11.4. The van der Waals surface area contributed by atoms with E-state index in [2.05, 4.69) is 0 Å². The maximum atomic E-state index is 11.4. The number of imide groups is 1. The Balaban J connectivity index is 2.23. The van der Waals surface area contributed by atoms with Crippen molar-refractivity contribution in [2.45, 2.75) is 25.0 Å². The van der Waals surface area contributed by atoms with Crippen molar-refractivity contribution < 1.29 is 14.3 Å². The number of amides is 2. The first kappa shape index (κ1) is 8.20. The van der Waals surface area contributed by atoms with Crippen LogP contribution in [0.1, 0.15) is 12.8 Å². The first-order valence-electron chi connectivity index (χ1n) is 4.11.